The fraction of sp³-hybridized carbons (Fsp3) is 0.459. The van der Waals surface area contributed by atoms with E-state index < -0.39 is 11.6 Å². The van der Waals surface area contributed by atoms with Crippen LogP contribution in [-0.2, 0) is 9.47 Å². The first-order chi connectivity index (χ1) is 23.4. The average molecular weight is 654 g/mol. The summed E-state index contributed by atoms with van der Waals surface area (Å²) in [4.78, 5) is 13.9. The first kappa shape index (κ1) is 30.0. The molecule has 0 amide bonds. The molecule has 5 heterocycles. The third-order valence-corrected chi connectivity index (χ3v) is 10.8. The molecule has 1 aliphatic carbocycles. The SMILES string of the molecule is C#Cc1cccc2cc(O)cc(-c3c(F)cc4c(N5CC6CCC(C5)N6)nc(OCC5(CN6C[C@@H]7OCCO[C@@H]7C6)CC5)nc4c3F)c12. The fourth-order valence-corrected chi connectivity index (χ4v) is 8.30. The summed E-state index contributed by atoms with van der Waals surface area (Å²) >= 11 is 0. The number of terminal acetylenes is 1. The average Bonchev–Trinajstić information content (AvgIpc) is 3.59. The van der Waals surface area contributed by atoms with Crippen LogP contribution in [0.1, 0.15) is 31.2 Å². The van der Waals surface area contributed by atoms with Gasteiger partial charge >= 0.3 is 6.01 Å². The second-order valence-corrected chi connectivity index (χ2v) is 14.2. The summed E-state index contributed by atoms with van der Waals surface area (Å²) < 4.78 is 51.4. The van der Waals surface area contributed by atoms with Crippen molar-refractivity contribution in [3.63, 3.8) is 0 Å². The molecule has 5 aliphatic rings. The highest BCUT2D eigenvalue weighted by atomic mass is 19.1. The van der Waals surface area contributed by atoms with E-state index in [1.54, 1.807) is 18.2 Å². The predicted octanol–water partition coefficient (Wildman–Crippen LogP) is 4.61. The van der Waals surface area contributed by atoms with Crippen molar-refractivity contribution >= 4 is 27.5 Å². The minimum absolute atomic E-state index is 0.0327. The van der Waals surface area contributed by atoms with Crippen LogP contribution in [0.3, 0.4) is 0 Å². The van der Waals surface area contributed by atoms with Gasteiger partial charge in [0.15, 0.2) is 5.82 Å². The molecule has 5 fully saturated rings. The number of ether oxygens (including phenoxy) is 3. The molecule has 4 aliphatic heterocycles. The zero-order valence-corrected chi connectivity index (χ0v) is 26.6. The van der Waals surface area contributed by atoms with Gasteiger partial charge in [-0.05, 0) is 55.3 Å². The van der Waals surface area contributed by atoms with E-state index in [2.05, 4.69) is 26.0 Å². The Balaban J connectivity index is 1.11. The molecular weight excluding hydrogens is 616 g/mol. The van der Waals surface area contributed by atoms with Crippen molar-refractivity contribution < 1.29 is 28.1 Å². The third kappa shape index (κ3) is 5.22. The van der Waals surface area contributed by atoms with E-state index >= 15 is 8.78 Å². The number of fused-ring (bicyclic) bond motifs is 5. The molecule has 2 unspecified atom stereocenters. The summed E-state index contributed by atoms with van der Waals surface area (Å²) in [5.74, 6) is 1.33. The Hall–Kier alpha value is -4.08. The van der Waals surface area contributed by atoms with Crippen LogP contribution in [-0.4, -0.2) is 96.8 Å². The smallest absolute Gasteiger partial charge is 0.319 e. The Morgan fingerprint density at radius 1 is 1.02 bits per heavy atom. The van der Waals surface area contributed by atoms with Crippen LogP contribution in [0, 0.1) is 29.4 Å². The minimum Gasteiger partial charge on any atom is -0.508 e. The lowest BCUT2D eigenvalue weighted by Crippen LogP contribution is -2.51. The summed E-state index contributed by atoms with van der Waals surface area (Å²) in [6, 6.07) is 10.0. The molecule has 2 bridgehead atoms. The molecule has 0 spiro atoms. The van der Waals surface area contributed by atoms with Crippen LogP contribution in [0.25, 0.3) is 32.8 Å². The number of nitrogens with one attached hydrogen (secondary N) is 1. The molecule has 3 aromatic carbocycles. The lowest BCUT2D eigenvalue weighted by atomic mass is 9.93. The Labute approximate surface area is 277 Å². The maximum absolute atomic E-state index is 16.9. The molecule has 1 saturated carbocycles. The number of piperazine rings is 1. The fourth-order valence-electron chi connectivity index (χ4n) is 8.30. The number of hydrogen-bond acceptors (Lipinski definition) is 9. The summed E-state index contributed by atoms with van der Waals surface area (Å²) in [6.07, 6.45) is 10.1. The number of phenols is 1. The van der Waals surface area contributed by atoms with E-state index in [0.717, 1.165) is 45.3 Å². The normalized spacial score (nSPS) is 26.1. The highest BCUT2D eigenvalue weighted by Crippen LogP contribution is 2.48. The highest BCUT2D eigenvalue weighted by Gasteiger charge is 2.48. The molecule has 0 radical (unpaired) electrons. The van der Waals surface area contributed by atoms with Crippen molar-refractivity contribution in [2.45, 2.75) is 50.0 Å². The van der Waals surface area contributed by atoms with Gasteiger partial charge < -0.3 is 29.5 Å². The van der Waals surface area contributed by atoms with Crippen molar-refractivity contribution in [2.75, 3.05) is 57.4 Å². The van der Waals surface area contributed by atoms with E-state index in [1.165, 1.54) is 18.2 Å². The van der Waals surface area contributed by atoms with Gasteiger partial charge in [0.25, 0.3) is 0 Å². The monoisotopic (exact) mass is 653 g/mol. The van der Waals surface area contributed by atoms with Gasteiger partial charge in [-0.25, -0.2) is 8.78 Å². The lowest BCUT2D eigenvalue weighted by molar-refractivity contribution is -0.116. The molecule has 1 aromatic heterocycles. The zero-order valence-electron chi connectivity index (χ0n) is 26.6. The van der Waals surface area contributed by atoms with E-state index in [1.807, 2.05) is 0 Å². The van der Waals surface area contributed by atoms with Gasteiger partial charge in [0.2, 0.25) is 0 Å². The minimum atomic E-state index is -0.851. The molecule has 9 nitrogen and oxygen atoms in total. The lowest BCUT2D eigenvalue weighted by Gasteiger charge is -2.34. The number of nitrogens with zero attached hydrogens (tertiary/aromatic N) is 4. The van der Waals surface area contributed by atoms with E-state index in [0.29, 0.717) is 55.1 Å². The predicted molar refractivity (Wildman–Crippen MR) is 177 cm³/mol. The van der Waals surface area contributed by atoms with Crippen molar-refractivity contribution in [3.8, 4) is 35.2 Å². The molecule has 4 saturated heterocycles. The molecule has 9 rings (SSSR count). The maximum atomic E-state index is 16.9. The standard InChI is InChI=1S/C37H37F2N5O4/c1-2-21-4-3-5-22-12-25(45)13-26(31(21)22)32-28(38)14-27-34(33(32)39)41-36(42-35(27)44-15-23-6-7-24(16-44)40-23)48-20-37(8-9-37)19-43-17-29-30(18-43)47-11-10-46-29/h1,3-5,12-14,23-24,29-30,40,45H,6-11,15-20H2/t23?,24?,29-,30+. The van der Waals surface area contributed by atoms with Crippen LogP contribution < -0.4 is 15.0 Å². The van der Waals surface area contributed by atoms with Gasteiger partial charge in [-0.15, -0.1) is 6.42 Å². The summed E-state index contributed by atoms with van der Waals surface area (Å²) in [5.41, 5.74) is 0.235. The number of likely N-dealkylation sites (tertiary alicyclic amines) is 1. The van der Waals surface area contributed by atoms with Gasteiger partial charge in [-0.3, -0.25) is 4.90 Å². The Morgan fingerprint density at radius 2 is 1.77 bits per heavy atom. The summed E-state index contributed by atoms with van der Waals surface area (Å²) in [6.45, 7) is 5.50. The number of halogens is 2. The largest absolute Gasteiger partial charge is 0.508 e. The second-order valence-electron chi connectivity index (χ2n) is 14.2. The van der Waals surface area contributed by atoms with Crippen LogP contribution in [0.4, 0.5) is 14.6 Å². The van der Waals surface area contributed by atoms with Crippen molar-refractivity contribution in [1.29, 1.82) is 0 Å². The van der Waals surface area contributed by atoms with Crippen molar-refractivity contribution in [2.24, 2.45) is 5.41 Å². The molecular formula is C37H37F2N5O4. The number of phenolic OH excluding ortho intramolecular Hbond substituents is 1. The van der Waals surface area contributed by atoms with Crippen LogP contribution in [0.5, 0.6) is 11.8 Å². The van der Waals surface area contributed by atoms with E-state index in [9.17, 15) is 5.11 Å². The van der Waals surface area contributed by atoms with E-state index in [4.69, 9.17) is 25.6 Å². The summed E-state index contributed by atoms with van der Waals surface area (Å²) in [5, 5.41) is 15.5. The zero-order chi connectivity index (χ0) is 32.6. The maximum Gasteiger partial charge on any atom is 0.319 e. The van der Waals surface area contributed by atoms with Crippen LogP contribution >= 0.6 is 0 Å². The molecule has 4 atom stereocenters. The van der Waals surface area contributed by atoms with Crippen LogP contribution in [0.15, 0.2) is 36.4 Å². The summed E-state index contributed by atoms with van der Waals surface area (Å²) in [7, 11) is 0. The van der Waals surface area contributed by atoms with Gasteiger partial charge in [0, 0.05) is 72.1 Å². The van der Waals surface area contributed by atoms with Gasteiger partial charge in [-0.1, -0.05) is 18.1 Å². The Morgan fingerprint density at radius 3 is 2.48 bits per heavy atom. The third-order valence-electron chi connectivity index (χ3n) is 10.8. The first-order valence-electron chi connectivity index (χ1n) is 16.9. The first-order valence-corrected chi connectivity index (χ1v) is 16.9. The van der Waals surface area contributed by atoms with Crippen molar-refractivity contribution in [1.82, 2.24) is 20.2 Å². The molecule has 11 heteroatoms. The molecule has 248 valence electrons. The topological polar surface area (TPSA) is 92.2 Å². The number of aromatic nitrogens is 2. The molecule has 2 N–H and O–H groups in total. The second kappa shape index (κ2) is 11.5. The number of benzene rings is 3. The van der Waals surface area contributed by atoms with Gasteiger partial charge in [0.1, 0.15) is 22.9 Å². The van der Waals surface area contributed by atoms with E-state index in [-0.39, 0.29) is 63.5 Å². The number of anilines is 1. The van der Waals surface area contributed by atoms with Gasteiger partial charge in [-0.2, -0.15) is 9.97 Å². The quantitative estimate of drug-likeness (QED) is 0.278. The van der Waals surface area contributed by atoms with Gasteiger partial charge in [0.05, 0.1) is 37.6 Å². The highest BCUT2D eigenvalue weighted by molar-refractivity contribution is 6.04. The molecule has 4 aromatic rings. The Kier molecular flexibility index (Phi) is 7.20. The number of rotatable bonds is 7. The molecule has 48 heavy (non-hydrogen) atoms. The Bertz CT molecular complexity index is 1950. The number of hydrogen-bond donors (Lipinski definition) is 2. The van der Waals surface area contributed by atoms with Crippen LogP contribution in [0.2, 0.25) is 0 Å². The van der Waals surface area contributed by atoms with Crippen molar-refractivity contribution in [3.05, 3.63) is 53.6 Å². The number of aromatic hydroxyl groups is 1.